The molecule has 0 radical (unpaired) electrons. The number of nitrogens with zero attached hydrogens (tertiary/aromatic N) is 2. The summed E-state index contributed by atoms with van der Waals surface area (Å²) in [6, 6.07) is 15.3. The van der Waals surface area contributed by atoms with Crippen molar-refractivity contribution in [2.24, 2.45) is 5.73 Å². The zero-order valence-electron chi connectivity index (χ0n) is 15.0. The van der Waals surface area contributed by atoms with E-state index in [4.69, 9.17) is 5.73 Å². The van der Waals surface area contributed by atoms with Gasteiger partial charge < -0.3 is 20.6 Å². The van der Waals surface area contributed by atoms with Gasteiger partial charge >= 0.3 is 0 Å². The van der Waals surface area contributed by atoms with Crippen LogP contribution in [0.15, 0.2) is 54.6 Å². The Kier molecular flexibility index (Phi) is 7.21. The molecular formula is C20H24ClN3O3. The maximum absolute atomic E-state index is 12.6. The molecule has 1 aliphatic rings. The Labute approximate surface area is 165 Å². The molecule has 1 aliphatic heterocycles. The number of hydrogen-bond acceptors (Lipinski definition) is 4. The molecular weight excluding hydrogens is 366 g/mol. The standard InChI is InChI=1S/C20H23N3O3.ClH/c21-18(14-15-4-2-1-3-5-15)20(26)23-12-10-22(11-13-23)19(25)16-6-8-17(24)9-7-16;/h1-9,18,24H,10-14,21H2;1H/t18-;/m0./s1. The van der Waals surface area contributed by atoms with Gasteiger partial charge in [0.2, 0.25) is 5.91 Å². The van der Waals surface area contributed by atoms with Gasteiger partial charge in [0.15, 0.2) is 0 Å². The monoisotopic (exact) mass is 389 g/mol. The molecule has 0 aromatic heterocycles. The Morgan fingerprint density at radius 3 is 2.07 bits per heavy atom. The Bertz CT molecular complexity index is 760. The number of carbonyl (C=O) groups is 2. The van der Waals surface area contributed by atoms with Crippen LogP contribution >= 0.6 is 12.4 Å². The summed E-state index contributed by atoms with van der Waals surface area (Å²) in [6.45, 7) is 1.91. The van der Waals surface area contributed by atoms with Gasteiger partial charge in [0.1, 0.15) is 5.75 Å². The van der Waals surface area contributed by atoms with Crippen LogP contribution in [-0.4, -0.2) is 58.9 Å². The van der Waals surface area contributed by atoms with Gasteiger partial charge in [-0.05, 0) is 36.2 Å². The molecule has 3 rings (SSSR count). The zero-order chi connectivity index (χ0) is 18.5. The summed E-state index contributed by atoms with van der Waals surface area (Å²) in [7, 11) is 0. The fourth-order valence-electron chi connectivity index (χ4n) is 3.11. The average molecular weight is 390 g/mol. The lowest BCUT2D eigenvalue weighted by Crippen LogP contribution is -2.54. The number of benzene rings is 2. The minimum absolute atomic E-state index is 0. The fraction of sp³-hybridized carbons (Fsp3) is 0.300. The number of halogens is 1. The quantitative estimate of drug-likeness (QED) is 0.832. The number of carbonyl (C=O) groups excluding carboxylic acids is 2. The van der Waals surface area contributed by atoms with E-state index in [2.05, 4.69) is 0 Å². The summed E-state index contributed by atoms with van der Waals surface area (Å²) in [4.78, 5) is 28.5. The number of phenolic OH excluding ortho intramolecular Hbond substituents is 1. The number of rotatable bonds is 4. The molecule has 27 heavy (non-hydrogen) atoms. The number of piperazine rings is 1. The number of phenols is 1. The van der Waals surface area contributed by atoms with Crippen molar-refractivity contribution in [1.82, 2.24) is 9.80 Å². The van der Waals surface area contributed by atoms with Crippen molar-refractivity contribution in [3.8, 4) is 5.75 Å². The van der Waals surface area contributed by atoms with Crippen LogP contribution in [-0.2, 0) is 11.2 Å². The molecule has 2 amide bonds. The lowest BCUT2D eigenvalue weighted by atomic mass is 10.1. The second-order valence-electron chi connectivity index (χ2n) is 6.46. The first kappa shape index (κ1) is 20.7. The number of aromatic hydroxyl groups is 1. The van der Waals surface area contributed by atoms with E-state index in [1.54, 1.807) is 21.9 Å². The van der Waals surface area contributed by atoms with Crippen molar-refractivity contribution in [2.75, 3.05) is 26.2 Å². The van der Waals surface area contributed by atoms with Crippen molar-refractivity contribution in [3.05, 3.63) is 65.7 Å². The third-order valence-electron chi connectivity index (χ3n) is 4.61. The first-order chi connectivity index (χ1) is 12.5. The second kappa shape index (κ2) is 9.39. The van der Waals surface area contributed by atoms with E-state index in [0.717, 1.165) is 5.56 Å². The first-order valence-electron chi connectivity index (χ1n) is 8.71. The maximum Gasteiger partial charge on any atom is 0.253 e. The predicted molar refractivity (Wildman–Crippen MR) is 106 cm³/mol. The van der Waals surface area contributed by atoms with Gasteiger partial charge in [-0.15, -0.1) is 12.4 Å². The van der Waals surface area contributed by atoms with E-state index >= 15 is 0 Å². The van der Waals surface area contributed by atoms with Crippen molar-refractivity contribution in [3.63, 3.8) is 0 Å². The molecule has 6 nitrogen and oxygen atoms in total. The van der Waals surface area contributed by atoms with E-state index in [9.17, 15) is 14.7 Å². The van der Waals surface area contributed by atoms with Crippen molar-refractivity contribution in [1.29, 1.82) is 0 Å². The van der Waals surface area contributed by atoms with Gasteiger partial charge in [0, 0.05) is 31.7 Å². The molecule has 2 aromatic rings. The van der Waals surface area contributed by atoms with E-state index in [-0.39, 0.29) is 30.0 Å². The second-order valence-corrected chi connectivity index (χ2v) is 6.46. The summed E-state index contributed by atoms with van der Waals surface area (Å²) < 4.78 is 0. The Balaban J connectivity index is 0.00000261. The highest BCUT2D eigenvalue weighted by molar-refractivity contribution is 5.94. The van der Waals surface area contributed by atoms with Gasteiger partial charge in [-0.2, -0.15) is 0 Å². The summed E-state index contributed by atoms with van der Waals surface area (Å²) >= 11 is 0. The zero-order valence-corrected chi connectivity index (χ0v) is 15.8. The van der Waals surface area contributed by atoms with Gasteiger partial charge in [0.25, 0.3) is 5.91 Å². The molecule has 7 heteroatoms. The lowest BCUT2D eigenvalue weighted by Gasteiger charge is -2.36. The highest BCUT2D eigenvalue weighted by Gasteiger charge is 2.27. The van der Waals surface area contributed by atoms with Crippen LogP contribution in [0.2, 0.25) is 0 Å². The van der Waals surface area contributed by atoms with E-state index in [0.29, 0.717) is 38.2 Å². The largest absolute Gasteiger partial charge is 0.508 e. The van der Waals surface area contributed by atoms with Gasteiger partial charge in [0.05, 0.1) is 6.04 Å². The number of amides is 2. The van der Waals surface area contributed by atoms with Gasteiger partial charge in [-0.3, -0.25) is 9.59 Å². The molecule has 0 aliphatic carbocycles. The van der Waals surface area contributed by atoms with Crippen molar-refractivity contribution < 1.29 is 14.7 Å². The fourth-order valence-corrected chi connectivity index (χ4v) is 3.11. The third kappa shape index (κ3) is 5.21. The van der Waals surface area contributed by atoms with Crippen LogP contribution in [0.3, 0.4) is 0 Å². The predicted octanol–water partition coefficient (Wildman–Crippen LogP) is 1.67. The van der Waals surface area contributed by atoms with E-state index in [1.807, 2.05) is 30.3 Å². The number of nitrogens with two attached hydrogens (primary N) is 1. The van der Waals surface area contributed by atoms with E-state index in [1.165, 1.54) is 12.1 Å². The molecule has 1 atom stereocenters. The summed E-state index contributed by atoms with van der Waals surface area (Å²) in [5.74, 6) is -0.0411. The van der Waals surface area contributed by atoms with Crippen LogP contribution in [0, 0.1) is 0 Å². The first-order valence-corrected chi connectivity index (χ1v) is 8.71. The SMILES string of the molecule is Cl.N[C@@H](Cc1ccccc1)C(=O)N1CCN(C(=O)c2ccc(O)cc2)CC1. The minimum atomic E-state index is -0.572. The Morgan fingerprint density at radius 1 is 0.926 bits per heavy atom. The molecule has 1 fully saturated rings. The topological polar surface area (TPSA) is 86.9 Å². The highest BCUT2D eigenvalue weighted by Crippen LogP contribution is 2.14. The molecule has 3 N–H and O–H groups in total. The van der Waals surface area contributed by atoms with Crippen molar-refractivity contribution in [2.45, 2.75) is 12.5 Å². The average Bonchev–Trinajstić information content (AvgIpc) is 2.68. The van der Waals surface area contributed by atoms with E-state index < -0.39 is 6.04 Å². The van der Waals surface area contributed by atoms with Crippen LogP contribution in [0.1, 0.15) is 15.9 Å². The van der Waals surface area contributed by atoms with Crippen LogP contribution < -0.4 is 5.73 Å². The lowest BCUT2D eigenvalue weighted by molar-refractivity contribution is -0.134. The Hall–Kier alpha value is -2.57. The molecule has 0 unspecified atom stereocenters. The number of hydrogen-bond donors (Lipinski definition) is 2. The van der Waals surface area contributed by atoms with Gasteiger partial charge in [-0.1, -0.05) is 30.3 Å². The smallest absolute Gasteiger partial charge is 0.253 e. The van der Waals surface area contributed by atoms with Gasteiger partial charge in [-0.25, -0.2) is 0 Å². The summed E-state index contributed by atoms with van der Waals surface area (Å²) in [5, 5.41) is 9.32. The third-order valence-corrected chi connectivity index (χ3v) is 4.61. The highest BCUT2D eigenvalue weighted by atomic mass is 35.5. The molecule has 0 spiro atoms. The Morgan fingerprint density at radius 2 is 1.48 bits per heavy atom. The molecule has 1 saturated heterocycles. The summed E-state index contributed by atoms with van der Waals surface area (Å²) in [5.41, 5.74) is 7.65. The molecule has 1 heterocycles. The van der Waals surface area contributed by atoms with Crippen LogP contribution in [0.25, 0.3) is 0 Å². The molecule has 144 valence electrons. The molecule has 2 aromatic carbocycles. The molecule has 0 saturated carbocycles. The maximum atomic E-state index is 12.6. The van der Waals surface area contributed by atoms with Crippen molar-refractivity contribution >= 4 is 24.2 Å². The van der Waals surface area contributed by atoms with Crippen LogP contribution in [0.5, 0.6) is 5.75 Å². The summed E-state index contributed by atoms with van der Waals surface area (Å²) in [6.07, 6.45) is 0.506. The minimum Gasteiger partial charge on any atom is -0.508 e. The molecule has 0 bridgehead atoms. The van der Waals surface area contributed by atoms with Crippen LogP contribution in [0.4, 0.5) is 0 Å². The normalized spacial score (nSPS) is 15.0.